The van der Waals surface area contributed by atoms with Gasteiger partial charge in [-0.05, 0) is 79.1 Å². The lowest BCUT2D eigenvalue weighted by atomic mass is 10.0. The number of nitrogens with zero attached hydrogens (tertiary/aromatic N) is 2. The lowest BCUT2D eigenvalue weighted by Crippen LogP contribution is -2.47. The van der Waals surface area contributed by atoms with Crippen LogP contribution < -0.4 is 21.3 Å². The molecule has 18 heteroatoms. The van der Waals surface area contributed by atoms with E-state index >= 15 is 0 Å². The maximum absolute atomic E-state index is 12.9. The van der Waals surface area contributed by atoms with Crippen LogP contribution in [0, 0.1) is 0 Å². The fourth-order valence-corrected chi connectivity index (χ4v) is 10.5. The first-order valence-electron chi connectivity index (χ1n) is 21.0. The van der Waals surface area contributed by atoms with Gasteiger partial charge in [0.15, 0.2) is 11.1 Å². The van der Waals surface area contributed by atoms with Crippen LogP contribution in [0.5, 0.6) is 0 Å². The predicted octanol–water partition coefficient (Wildman–Crippen LogP) is 5.46. The van der Waals surface area contributed by atoms with Gasteiger partial charge in [0.05, 0.1) is 0 Å². The highest BCUT2D eigenvalue weighted by molar-refractivity contribution is 6.61. The highest BCUT2D eigenvalue weighted by atomic mass is 28.4. The van der Waals surface area contributed by atoms with E-state index in [0.717, 1.165) is 38.5 Å². The van der Waals surface area contributed by atoms with Crippen molar-refractivity contribution in [3.63, 3.8) is 0 Å². The van der Waals surface area contributed by atoms with Crippen molar-refractivity contribution in [2.75, 3.05) is 65.8 Å². The van der Waals surface area contributed by atoms with Gasteiger partial charge in [-0.3, -0.25) is 19.2 Å². The molecule has 16 nitrogen and oxygen atoms in total. The first kappa shape index (κ1) is 53.7. The van der Waals surface area contributed by atoms with Crippen LogP contribution in [0.3, 0.4) is 0 Å². The van der Waals surface area contributed by atoms with E-state index in [9.17, 15) is 19.2 Å². The summed E-state index contributed by atoms with van der Waals surface area (Å²) in [5.41, 5.74) is -2.58. The van der Waals surface area contributed by atoms with Crippen molar-refractivity contribution >= 4 is 41.2 Å². The van der Waals surface area contributed by atoms with Crippen molar-refractivity contribution in [1.82, 2.24) is 21.3 Å². The molecule has 0 aliphatic rings. The largest absolute Gasteiger partial charge is 0.501 e. The van der Waals surface area contributed by atoms with Crippen LogP contribution in [-0.2, 0) is 45.7 Å². The van der Waals surface area contributed by atoms with Gasteiger partial charge in [-0.2, -0.15) is 10.2 Å². The number of carbonyl (C=O) groups excluding carboxylic acids is 4. The maximum atomic E-state index is 12.9. The lowest BCUT2D eigenvalue weighted by molar-refractivity contribution is -0.128. The Morgan fingerprint density at radius 3 is 0.964 bits per heavy atom. The van der Waals surface area contributed by atoms with Crippen LogP contribution in [0.4, 0.5) is 0 Å². The van der Waals surface area contributed by atoms with Gasteiger partial charge >= 0.3 is 17.6 Å². The predicted molar refractivity (Wildman–Crippen MR) is 222 cm³/mol. The zero-order valence-corrected chi connectivity index (χ0v) is 38.5. The standard InChI is InChI=1S/C38H78N6O10Si2/c1-11-25-49-55(50-26-12-2,51-27-13-3)31-17-21-39-33(45)19-23-41-35(47)37(7,8)43-44-38(9,10)36(48)42-24-20-34(46)40-22-18-32-56(52-28-14-4,53-29-15-5)54-30-16-6/h11-32H2,1-10H3,(H,39,45)(H,40,46)(H,41,47)(H,42,48). The van der Waals surface area contributed by atoms with E-state index in [2.05, 4.69) is 31.5 Å². The van der Waals surface area contributed by atoms with E-state index in [1.54, 1.807) is 27.7 Å². The smallest absolute Gasteiger partial charge is 0.373 e. The molecule has 0 unspecified atom stereocenters. The molecule has 0 bridgehead atoms. The van der Waals surface area contributed by atoms with Crippen molar-refractivity contribution in [2.24, 2.45) is 10.2 Å². The summed E-state index contributed by atoms with van der Waals surface area (Å²) in [6, 6.07) is 1.21. The van der Waals surface area contributed by atoms with E-state index in [4.69, 9.17) is 26.6 Å². The zero-order chi connectivity index (χ0) is 42.4. The molecule has 4 amide bonds. The molecule has 0 rings (SSSR count). The summed E-state index contributed by atoms with van der Waals surface area (Å²) in [4.78, 5) is 50.8. The quantitative estimate of drug-likeness (QED) is 0.0358. The van der Waals surface area contributed by atoms with Crippen LogP contribution in [-0.4, -0.2) is 118 Å². The Labute approximate surface area is 340 Å². The van der Waals surface area contributed by atoms with Crippen LogP contribution >= 0.6 is 0 Å². The highest BCUT2D eigenvalue weighted by Crippen LogP contribution is 2.21. The van der Waals surface area contributed by atoms with Crippen molar-refractivity contribution < 1.29 is 45.7 Å². The SMILES string of the molecule is CCCO[Si](CCCNC(=O)CCNC(=O)C(C)(C)N=NC(C)(C)C(=O)NCCC(=O)NCCC[Si](OCCC)(OCCC)OCCC)(OCCC)OCCC. The van der Waals surface area contributed by atoms with Crippen molar-refractivity contribution in [3.05, 3.63) is 0 Å². The number of amides is 4. The molecule has 0 saturated carbocycles. The molecule has 0 aliphatic heterocycles. The first-order chi connectivity index (χ1) is 26.6. The fourth-order valence-electron chi connectivity index (χ4n) is 4.82. The minimum absolute atomic E-state index is 0.0879. The summed E-state index contributed by atoms with van der Waals surface area (Å²) in [5.74, 6) is -1.26. The molecule has 4 N–H and O–H groups in total. The number of hydrogen-bond donors (Lipinski definition) is 4. The fraction of sp³-hybridized carbons (Fsp3) is 0.895. The Morgan fingerprint density at radius 1 is 0.446 bits per heavy atom. The molecule has 0 radical (unpaired) electrons. The molecular formula is C38H78N6O10Si2. The summed E-state index contributed by atoms with van der Waals surface area (Å²) in [7, 11) is -5.66. The average molecular weight is 835 g/mol. The number of carbonyl (C=O) groups is 4. The molecule has 56 heavy (non-hydrogen) atoms. The zero-order valence-electron chi connectivity index (χ0n) is 36.5. The summed E-state index contributed by atoms with van der Waals surface area (Å²) in [6.07, 6.45) is 6.64. The number of hydrogen-bond acceptors (Lipinski definition) is 12. The maximum Gasteiger partial charge on any atom is 0.501 e. The molecule has 0 atom stereocenters. The minimum Gasteiger partial charge on any atom is -0.373 e. The molecule has 0 fully saturated rings. The molecule has 0 aromatic carbocycles. The molecule has 0 saturated heterocycles. The van der Waals surface area contributed by atoms with Gasteiger partial charge in [-0.25, -0.2) is 0 Å². The van der Waals surface area contributed by atoms with E-state index in [1.165, 1.54) is 0 Å². The van der Waals surface area contributed by atoms with Crippen LogP contribution in [0.1, 0.15) is 133 Å². The Kier molecular flexibility index (Phi) is 29.4. The van der Waals surface area contributed by atoms with Gasteiger partial charge in [0.2, 0.25) is 23.6 Å². The average Bonchev–Trinajstić information content (AvgIpc) is 3.18. The van der Waals surface area contributed by atoms with Crippen molar-refractivity contribution in [1.29, 1.82) is 0 Å². The summed E-state index contributed by atoms with van der Waals surface area (Å²) < 4.78 is 36.7. The molecule has 0 spiro atoms. The van der Waals surface area contributed by atoms with Crippen LogP contribution in [0.2, 0.25) is 12.1 Å². The van der Waals surface area contributed by atoms with E-state index < -0.39 is 40.5 Å². The van der Waals surface area contributed by atoms with Crippen LogP contribution in [0.25, 0.3) is 0 Å². The van der Waals surface area contributed by atoms with E-state index in [-0.39, 0.29) is 37.7 Å². The molecule has 0 aromatic heterocycles. The Bertz CT molecular complexity index is 1010. The summed E-state index contributed by atoms with van der Waals surface area (Å²) >= 11 is 0. The number of azo groups is 1. The summed E-state index contributed by atoms with van der Waals surface area (Å²) in [6.45, 7) is 23.1. The Morgan fingerprint density at radius 2 is 0.714 bits per heavy atom. The van der Waals surface area contributed by atoms with Gasteiger partial charge in [0.25, 0.3) is 0 Å². The van der Waals surface area contributed by atoms with E-state index in [1.807, 2.05) is 41.5 Å². The van der Waals surface area contributed by atoms with Gasteiger partial charge in [0.1, 0.15) is 0 Å². The van der Waals surface area contributed by atoms with Crippen molar-refractivity contribution in [3.8, 4) is 0 Å². The van der Waals surface area contributed by atoms with Gasteiger partial charge in [0, 0.05) is 90.8 Å². The van der Waals surface area contributed by atoms with Gasteiger partial charge in [-0.15, -0.1) is 0 Å². The summed E-state index contributed by atoms with van der Waals surface area (Å²) in [5, 5.41) is 19.6. The molecular weight excluding hydrogens is 757 g/mol. The Hall–Kier alpha value is -2.33. The first-order valence-corrected chi connectivity index (χ1v) is 24.9. The number of nitrogens with one attached hydrogen (secondary N) is 4. The number of rotatable bonds is 36. The van der Waals surface area contributed by atoms with E-state index in [0.29, 0.717) is 77.7 Å². The molecule has 328 valence electrons. The lowest BCUT2D eigenvalue weighted by Gasteiger charge is -2.29. The van der Waals surface area contributed by atoms with Crippen LogP contribution in [0.15, 0.2) is 10.2 Å². The molecule has 0 aromatic rings. The second-order valence-corrected chi connectivity index (χ2v) is 20.2. The second-order valence-electron chi connectivity index (χ2n) is 14.7. The molecule has 0 aliphatic carbocycles. The molecule has 0 heterocycles. The van der Waals surface area contributed by atoms with Gasteiger partial charge in [-0.1, -0.05) is 41.5 Å². The monoisotopic (exact) mass is 835 g/mol. The third kappa shape index (κ3) is 23.8. The normalized spacial score (nSPS) is 12.5. The third-order valence-electron chi connectivity index (χ3n) is 8.06. The van der Waals surface area contributed by atoms with Crippen molar-refractivity contribution in [2.45, 2.75) is 157 Å². The topological polar surface area (TPSA) is 196 Å². The van der Waals surface area contributed by atoms with Gasteiger partial charge < -0.3 is 47.8 Å². The second kappa shape index (κ2) is 30.7. The third-order valence-corrected chi connectivity index (χ3v) is 13.9. The Balaban J connectivity index is 4.75. The minimum atomic E-state index is -2.83. The highest BCUT2D eigenvalue weighted by Gasteiger charge is 2.41.